The molecule has 1 saturated carbocycles. The number of carbonyl (C=O) groups is 1. The van der Waals surface area contributed by atoms with E-state index in [1.807, 2.05) is 0 Å². The van der Waals surface area contributed by atoms with Crippen molar-refractivity contribution < 1.29 is 9.53 Å². The molecule has 0 spiro atoms. The number of thiazole rings is 1. The van der Waals surface area contributed by atoms with E-state index in [0.717, 1.165) is 15.3 Å². The molecule has 0 aliphatic heterocycles. The van der Waals surface area contributed by atoms with Gasteiger partial charge in [-0.2, -0.15) is 0 Å². The summed E-state index contributed by atoms with van der Waals surface area (Å²) in [7, 11) is 1.35. The topological polar surface area (TPSA) is 51.2 Å². The Morgan fingerprint density at radius 3 is 2.86 bits per heavy atom. The molecule has 1 heterocycles. The van der Waals surface area contributed by atoms with Crippen molar-refractivity contribution in [1.29, 1.82) is 0 Å². The van der Waals surface area contributed by atoms with E-state index in [2.05, 4.69) is 10.3 Å². The third kappa shape index (κ3) is 3.14. The molecule has 112 valence electrons. The summed E-state index contributed by atoms with van der Waals surface area (Å²) in [6.45, 7) is 0. The fourth-order valence-corrected chi connectivity index (χ4v) is 3.97. The summed E-state index contributed by atoms with van der Waals surface area (Å²) < 4.78 is 5.71. The maximum atomic E-state index is 11.7. The van der Waals surface area contributed by atoms with E-state index in [1.165, 1.54) is 39.2 Å². The van der Waals surface area contributed by atoms with Crippen LogP contribution >= 0.6 is 22.9 Å². The number of ether oxygens (including phenoxy) is 1. The van der Waals surface area contributed by atoms with Gasteiger partial charge < -0.3 is 10.1 Å². The average molecular weight is 325 g/mol. The number of nitrogens with one attached hydrogen (secondary N) is 1. The van der Waals surface area contributed by atoms with Gasteiger partial charge in [-0.1, -0.05) is 42.2 Å². The zero-order chi connectivity index (χ0) is 14.8. The van der Waals surface area contributed by atoms with Gasteiger partial charge in [0.15, 0.2) is 5.13 Å². The van der Waals surface area contributed by atoms with Crippen molar-refractivity contribution in [3.8, 4) is 0 Å². The number of rotatable bonds is 3. The first-order chi connectivity index (χ1) is 10.2. The number of hydrogen-bond donors (Lipinski definition) is 1. The maximum absolute atomic E-state index is 11.7. The summed E-state index contributed by atoms with van der Waals surface area (Å²) in [5.74, 6) is -0.434. The van der Waals surface area contributed by atoms with E-state index in [-0.39, 0.29) is 0 Å². The fraction of sp³-hybridized carbons (Fsp3) is 0.467. The third-order valence-corrected chi connectivity index (χ3v) is 5.08. The molecule has 0 unspecified atom stereocenters. The predicted molar refractivity (Wildman–Crippen MR) is 86.5 cm³/mol. The van der Waals surface area contributed by atoms with Crippen LogP contribution in [0.4, 0.5) is 5.13 Å². The molecule has 1 aromatic carbocycles. The molecule has 0 atom stereocenters. The van der Waals surface area contributed by atoms with Crippen LogP contribution in [0.1, 0.15) is 42.5 Å². The van der Waals surface area contributed by atoms with Crippen molar-refractivity contribution >= 4 is 44.3 Å². The monoisotopic (exact) mass is 324 g/mol. The van der Waals surface area contributed by atoms with Gasteiger partial charge in [0.2, 0.25) is 0 Å². The molecule has 1 aliphatic rings. The van der Waals surface area contributed by atoms with Gasteiger partial charge in [0.25, 0.3) is 0 Å². The zero-order valence-corrected chi connectivity index (χ0v) is 13.4. The van der Waals surface area contributed by atoms with Gasteiger partial charge >= 0.3 is 5.97 Å². The van der Waals surface area contributed by atoms with Crippen LogP contribution in [-0.2, 0) is 4.74 Å². The van der Waals surface area contributed by atoms with Crippen LogP contribution in [0.3, 0.4) is 0 Å². The number of hydrogen-bond acceptors (Lipinski definition) is 5. The molecule has 1 aromatic heterocycles. The minimum absolute atomic E-state index is 0.362. The van der Waals surface area contributed by atoms with E-state index in [1.54, 1.807) is 23.5 Å². The summed E-state index contributed by atoms with van der Waals surface area (Å²) in [6.07, 6.45) is 6.28. The molecule has 0 saturated heterocycles. The van der Waals surface area contributed by atoms with Crippen LogP contribution in [0.2, 0.25) is 5.02 Å². The quantitative estimate of drug-likeness (QED) is 0.846. The second-order valence-electron chi connectivity index (χ2n) is 5.29. The number of halogens is 1. The lowest BCUT2D eigenvalue weighted by molar-refractivity contribution is 0.0601. The Morgan fingerprint density at radius 1 is 1.38 bits per heavy atom. The first kappa shape index (κ1) is 14.6. The molecule has 1 N–H and O–H groups in total. The zero-order valence-electron chi connectivity index (χ0n) is 11.8. The van der Waals surface area contributed by atoms with E-state index < -0.39 is 5.97 Å². The average Bonchev–Trinajstić information content (AvgIpc) is 2.87. The van der Waals surface area contributed by atoms with Crippen LogP contribution < -0.4 is 5.32 Å². The van der Waals surface area contributed by atoms with Gasteiger partial charge in [-0.05, 0) is 25.0 Å². The number of esters is 1. The number of carbonyl (C=O) groups excluding carboxylic acids is 1. The summed E-state index contributed by atoms with van der Waals surface area (Å²) in [5, 5.41) is 4.80. The SMILES string of the molecule is COC(=O)c1cc2nc(NC3CCCCC3)sc2cc1Cl. The van der Waals surface area contributed by atoms with E-state index in [9.17, 15) is 4.79 Å². The Morgan fingerprint density at radius 2 is 2.14 bits per heavy atom. The smallest absolute Gasteiger partial charge is 0.339 e. The molecular formula is C15H17ClN2O2S. The molecule has 0 radical (unpaired) electrons. The highest BCUT2D eigenvalue weighted by Crippen LogP contribution is 2.32. The predicted octanol–water partition coefficient (Wildman–Crippen LogP) is 4.48. The minimum atomic E-state index is -0.434. The van der Waals surface area contributed by atoms with Crippen LogP contribution in [0, 0.1) is 0 Å². The molecule has 1 aliphatic carbocycles. The van der Waals surface area contributed by atoms with Crippen LogP contribution in [0.25, 0.3) is 10.2 Å². The van der Waals surface area contributed by atoms with Crippen molar-refractivity contribution in [1.82, 2.24) is 4.98 Å². The standard InChI is InChI=1S/C15H17ClN2O2S/c1-20-14(19)10-7-12-13(8-11(10)16)21-15(18-12)17-9-5-3-2-4-6-9/h7-9H,2-6H2,1H3,(H,17,18). The fourth-order valence-electron chi connectivity index (χ4n) is 2.70. The van der Waals surface area contributed by atoms with Crippen molar-refractivity contribution in [3.05, 3.63) is 22.7 Å². The number of nitrogens with zero attached hydrogens (tertiary/aromatic N) is 1. The Kier molecular flexibility index (Phi) is 4.31. The summed E-state index contributed by atoms with van der Waals surface area (Å²) in [5.41, 5.74) is 1.14. The van der Waals surface area contributed by atoms with E-state index >= 15 is 0 Å². The Balaban J connectivity index is 1.87. The molecule has 3 rings (SSSR count). The highest BCUT2D eigenvalue weighted by molar-refractivity contribution is 7.22. The van der Waals surface area contributed by atoms with Gasteiger partial charge in [0.1, 0.15) is 0 Å². The molecule has 4 nitrogen and oxygen atoms in total. The number of methoxy groups -OCH3 is 1. The third-order valence-electron chi connectivity index (χ3n) is 3.82. The number of anilines is 1. The molecular weight excluding hydrogens is 308 g/mol. The van der Waals surface area contributed by atoms with E-state index in [4.69, 9.17) is 16.3 Å². The number of fused-ring (bicyclic) bond motifs is 1. The Labute approximate surface area is 132 Å². The summed E-state index contributed by atoms with van der Waals surface area (Å²) in [6, 6.07) is 3.99. The Hall–Kier alpha value is -1.33. The van der Waals surface area contributed by atoms with Crippen LogP contribution in [-0.4, -0.2) is 24.1 Å². The van der Waals surface area contributed by atoms with Gasteiger partial charge in [-0.25, -0.2) is 9.78 Å². The molecule has 0 amide bonds. The first-order valence-electron chi connectivity index (χ1n) is 7.12. The van der Waals surface area contributed by atoms with Crippen molar-refractivity contribution in [2.24, 2.45) is 0 Å². The lowest BCUT2D eigenvalue weighted by atomic mass is 9.96. The first-order valence-corrected chi connectivity index (χ1v) is 8.32. The second-order valence-corrected chi connectivity index (χ2v) is 6.73. The van der Waals surface area contributed by atoms with Gasteiger partial charge in [0.05, 0.1) is 27.9 Å². The molecule has 1 fully saturated rings. The highest BCUT2D eigenvalue weighted by atomic mass is 35.5. The van der Waals surface area contributed by atoms with Gasteiger partial charge in [0, 0.05) is 6.04 Å². The lowest BCUT2D eigenvalue weighted by Crippen LogP contribution is -2.21. The van der Waals surface area contributed by atoms with Crippen LogP contribution in [0.15, 0.2) is 12.1 Å². The van der Waals surface area contributed by atoms with Crippen molar-refractivity contribution in [2.75, 3.05) is 12.4 Å². The molecule has 21 heavy (non-hydrogen) atoms. The van der Waals surface area contributed by atoms with Gasteiger partial charge in [-0.3, -0.25) is 0 Å². The molecule has 6 heteroatoms. The van der Waals surface area contributed by atoms with E-state index in [0.29, 0.717) is 16.6 Å². The second kappa shape index (κ2) is 6.20. The van der Waals surface area contributed by atoms with Crippen molar-refractivity contribution in [2.45, 2.75) is 38.1 Å². The van der Waals surface area contributed by atoms with Crippen LogP contribution in [0.5, 0.6) is 0 Å². The normalized spacial score (nSPS) is 16.1. The summed E-state index contributed by atoms with van der Waals surface area (Å²) >= 11 is 7.71. The van der Waals surface area contributed by atoms with Gasteiger partial charge in [-0.15, -0.1) is 0 Å². The largest absolute Gasteiger partial charge is 0.465 e. The van der Waals surface area contributed by atoms with Crippen molar-refractivity contribution in [3.63, 3.8) is 0 Å². The maximum Gasteiger partial charge on any atom is 0.339 e. The number of aromatic nitrogens is 1. The minimum Gasteiger partial charge on any atom is -0.465 e. The molecule has 0 bridgehead atoms. The Bertz CT molecular complexity index is 665. The molecule has 2 aromatic rings. The summed E-state index contributed by atoms with van der Waals surface area (Å²) in [4.78, 5) is 16.2. The highest BCUT2D eigenvalue weighted by Gasteiger charge is 2.17. The lowest BCUT2D eigenvalue weighted by Gasteiger charge is -2.22. The number of benzene rings is 1.